The summed E-state index contributed by atoms with van der Waals surface area (Å²) in [7, 11) is 0. The predicted octanol–water partition coefficient (Wildman–Crippen LogP) is 4.92. The van der Waals surface area contributed by atoms with Crippen molar-refractivity contribution in [2.45, 2.75) is 32.3 Å². The number of pyridine rings is 1. The van der Waals surface area contributed by atoms with E-state index in [1.807, 2.05) is 23.6 Å². The fraction of sp³-hybridized carbons (Fsp3) is 0.240. The SMILES string of the molecule is CC(C)(O)C#Cc1csc2c(NCCCc3ccccc3)nc(-c3ccncc3)nc12. The van der Waals surface area contributed by atoms with Gasteiger partial charge in [0.2, 0.25) is 0 Å². The molecule has 0 aliphatic heterocycles. The largest absolute Gasteiger partial charge is 0.378 e. The first-order valence-corrected chi connectivity index (χ1v) is 11.1. The van der Waals surface area contributed by atoms with Crippen LogP contribution < -0.4 is 5.32 Å². The van der Waals surface area contributed by atoms with E-state index in [-0.39, 0.29) is 0 Å². The van der Waals surface area contributed by atoms with Gasteiger partial charge in [0.15, 0.2) is 5.82 Å². The molecule has 0 bridgehead atoms. The molecule has 31 heavy (non-hydrogen) atoms. The van der Waals surface area contributed by atoms with Gasteiger partial charge in [0.05, 0.1) is 10.3 Å². The van der Waals surface area contributed by atoms with Crippen molar-refractivity contribution in [2.24, 2.45) is 0 Å². The van der Waals surface area contributed by atoms with E-state index in [2.05, 4.69) is 46.4 Å². The summed E-state index contributed by atoms with van der Waals surface area (Å²) in [5.74, 6) is 7.41. The van der Waals surface area contributed by atoms with Crippen LogP contribution in [-0.4, -0.2) is 32.2 Å². The third-order valence-electron chi connectivity index (χ3n) is 4.63. The summed E-state index contributed by atoms with van der Waals surface area (Å²) in [6, 6.07) is 14.3. The molecule has 156 valence electrons. The Morgan fingerprint density at radius 2 is 1.84 bits per heavy atom. The highest BCUT2D eigenvalue weighted by Crippen LogP contribution is 2.32. The summed E-state index contributed by atoms with van der Waals surface area (Å²) >= 11 is 1.57. The lowest BCUT2D eigenvalue weighted by Crippen LogP contribution is -2.14. The van der Waals surface area contributed by atoms with E-state index in [0.29, 0.717) is 5.82 Å². The first-order chi connectivity index (χ1) is 15.0. The zero-order valence-corrected chi connectivity index (χ0v) is 18.4. The zero-order valence-electron chi connectivity index (χ0n) is 17.6. The van der Waals surface area contributed by atoms with Crippen LogP contribution >= 0.6 is 11.3 Å². The summed E-state index contributed by atoms with van der Waals surface area (Å²) < 4.78 is 0.970. The minimum absolute atomic E-state index is 0.630. The van der Waals surface area contributed by atoms with Gasteiger partial charge < -0.3 is 10.4 Å². The van der Waals surface area contributed by atoms with Gasteiger partial charge in [-0.25, -0.2) is 9.97 Å². The Balaban J connectivity index is 1.64. The Morgan fingerprint density at radius 1 is 1.06 bits per heavy atom. The van der Waals surface area contributed by atoms with Gasteiger partial charge in [-0.15, -0.1) is 11.3 Å². The molecule has 0 aliphatic rings. The molecule has 1 aromatic carbocycles. The average Bonchev–Trinajstić information content (AvgIpc) is 3.19. The van der Waals surface area contributed by atoms with Crippen molar-refractivity contribution in [3.8, 4) is 23.2 Å². The first-order valence-electron chi connectivity index (χ1n) is 10.2. The van der Waals surface area contributed by atoms with E-state index in [1.54, 1.807) is 37.6 Å². The lowest BCUT2D eigenvalue weighted by atomic mass is 10.1. The maximum atomic E-state index is 9.99. The van der Waals surface area contributed by atoms with Crippen LogP contribution in [0, 0.1) is 11.8 Å². The Hall–Kier alpha value is -3.27. The molecule has 2 N–H and O–H groups in total. The highest BCUT2D eigenvalue weighted by Gasteiger charge is 2.15. The molecule has 0 unspecified atom stereocenters. The van der Waals surface area contributed by atoms with E-state index < -0.39 is 5.60 Å². The number of aromatic nitrogens is 3. The van der Waals surface area contributed by atoms with Crippen molar-refractivity contribution >= 4 is 27.4 Å². The lowest BCUT2D eigenvalue weighted by Gasteiger charge is -2.09. The number of rotatable bonds is 6. The standard InChI is InChI=1S/C25H24N4OS/c1-25(2,30)13-10-20-17-31-22-21(20)28-23(19-11-15-26-16-12-19)29-24(22)27-14-6-9-18-7-4-3-5-8-18/h3-5,7-8,11-12,15-17,30H,6,9,14H2,1-2H3,(H,27,28,29). The van der Waals surface area contributed by atoms with Crippen LogP contribution in [0.3, 0.4) is 0 Å². The molecular formula is C25H24N4OS. The van der Waals surface area contributed by atoms with Crippen molar-refractivity contribution < 1.29 is 5.11 Å². The molecule has 0 aliphatic carbocycles. The van der Waals surface area contributed by atoms with E-state index >= 15 is 0 Å². The first kappa shape index (κ1) is 21.0. The molecule has 0 atom stereocenters. The summed E-state index contributed by atoms with van der Waals surface area (Å²) in [6.07, 6.45) is 5.47. The van der Waals surface area contributed by atoms with Crippen LogP contribution in [0.5, 0.6) is 0 Å². The number of hydrogen-bond acceptors (Lipinski definition) is 6. The highest BCUT2D eigenvalue weighted by atomic mass is 32.1. The van der Waals surface area contributed by atoms with E-state index in [9.17, 15) is 5.11 Å². The summed E-state index contributed by atoms with van der Waals surface area (Å²) in [5, 5.41) is 15.5. The van der Waals surface area contributed by atoms with Crippen molar-refractivity contribution in [1.82, 2.24) is 15.0 Å². The van der Waals surface area contributed by atoms with Crippen LogP contribution in [0.1, 0.15) is 31.4 Å². The number of aryl methyl sites for hydroxylation is 1. The molecular weight excluding hydrogens is 404 g/mol. The minimum Gasteiger partial charge on any atom is -0.378 e. The van der Waals surface area contributed by atoms with Gasteiger partial charge in [-0.2, -0.15) is 0 Å². The molecule has 4 aromatic rings. The molecule has 0 spiro atoms. The molecule has 3 aromatic heterocycles. The summed E-state index contributed by atoms with van der Waals surface area (Å²) in [5.41, 5.74) is 2.77. The van der Waals surface area contributed by atoms with Gasteiger partial charge in [-0.05, 0) is 44.4 Å². The molecule has 4 rings (SSSR count). The number of aliphatic hydroxyl groups is 1. The van der Waals surface area contributed by atoms with Crippen LogP contribution in [0.4, 0.5) is 5.82 Å². The van der Waals surface area contributed by atoms with Crippen LogP contribution in [0.15, 0.2) is 60.2 Å². The number of nitrogens with zero attached hydrogens (tertiary/aromatic N) is 3. The number of fused-ring (bicyclic) bond motifs is 1. The fourth-order valence-electron chi connectivity index (χ4n) is 3.12. The molecule has 3 heterocycles. The molecule has 6 heteroatoms. The Labute approximate surface area is 186 Å². The van der Waals surface area contributed by atoms with Gasteiger partial charge >= 0.3 is 0 Å². The summed E-state index contributed by atoms with van der Waals surface area (Å²) in [6.45, 7) is 4.15. The maximum absolute atomic E-state index is 9.99. The molecule has 0 saturated heterocycles. The predicted molar refractivity (Wildman–Crippen MR) is 127 cm³/mol. The Kier molecular flexibility index (Phi) is 6.26. The normalized spacial score (nSPS) is 11.2. The quantitative estimate of drug-likeness (QED) is 0.337. The molecule has 0 amide bonds. The van der Waals surface area contributed by atoms with Gasteiger partial charge in [0, 0.05) is 29.9 Å². The van der Waals surface area contributed by atoms with Gasteiger partial charge in [0.25, 0.3) is 0 Å². The van der Waals surface area contributed by atoms with Crippen LogP contribution in [0.25, 0.3) is 21.6 Å². The lowest BCUT2D eigenvalue weighted by molar-refractivity contribution is 0.143. The Bertz CT molecular complexity index is 1220. The van der Waals surface area contributed by atoms with Crippen molar-refractivity contribution in [2.75, 3.05) is 11.9 Å². The molecule has 0 fully saturated rings. The average molecular weight is 429 g/mol. The number of hydrogen-bond donors (Lipinski definition) is 2. The molecule has 5 nitrogen and oxygen atoms in total. The highest BCUT2D eigenvalue weighted by molar-refractivity contribution is 7.18. The fourth-order valence-corrected chi connectivity index (χ4v) is 4.02. The second-order valence-electron chi connectivity index (χ2n) is 7.78. The van der Waals surface area contributed by atoms with Crippen molar-refractivity contribution in [3.63, 3.8) is 0 Å². The van der Waals surface area contributed by atoms with E-state index in [0.717, 1.165) is 46.5 Å². The number of benzene rings is 1. The van der Waals surface area contributed by atoms with Gasteiger partial charge in [0.1, 0.15) is 16.9 Å². The number of anilines is 1. The summed E-state index contributed by atoms with van der Waals surface area (Å²) in [4.78, 5) is 13.7. The second kappa shape index (κ2) is 9.25. The molecule has 0 radical (unpaired) electrons. The van der Waals surface area contributed by atoms with E-state index in [4.69, 9.17) is 9.97 Å². The monoisotopic (exact) mass is 428 g/mol. The van der Waals surface area contributed by atoms with Gasteiger partial charge in [-0.1, -0.05) is 42.2 Å². The number of nitrogens with one attached hydrogen (secondary N) is 1. The van der Waals surface area contributed by atoms with Crippen molar-refractivity contribution in [1.29, 1.82) is 0 Å². The van der Waals surface area contributed by atoms with Crippen LogP contribution in [0.2, 0.25) is 0 Å². The van der Waals surface area contributed by atoms with E-state index in [1.165, 1.54) is 5.56 Å². The Morgan fingerprint density at radius 3 is 2.58 bits per heavy atom. The smallest absolute Gasteiger partial charge is 0.162 e. The van der Waals surface area contributed by atoms with Gasteiger partial charge in [-0.3, -0.25) is 4.98 Å². The third-order valence-corrected chi connectivity index (χ3v) is 5.61. The van der Waals surface area contributed by atoms with Crippen LogP contribution in [-0.2, 0) is 6.42 Å². The second-order valence-corrected chi connectivity index (χ2v) is 8.66. The zero-order chi connectivity index (χ0) is 21.7. The van der Waals surface area contributed by atoms with Crippen molar-refractivity contribution in [3.05, 3.63) is 71.4 Å². The maximum Gasteiger partial charge on any atom is 0.162 e. The number of thiophene rings is 1. The minimum atomic E-state index is -1.06. The topological polar surface area (TPSA) is 70.9 Å². The molecule has 0 saturated carbocycles. The third kappa shape index (κ3) is 5.46.